The van der Waals surface area contributed by atoms with Crippen molar-refractivity contribution in [3.8, 4) is 0 Å². The molecule has 1 N–H and O–H groups in total. The van der Waals surface area contributed by atoms with Gasteiger partial charge in [-0.1, -0.05) is 17.7 Å². The summed E-state index contributed by atoms with van der Waals surface area (Å²) in [7, 11) is 2.19. The van der Waals surface area contributed by atoms with Crippen molar-refractivity contribution in [2.45, 2.75) is 17.9 Å². The van der Waals surface area contributed by atoms with Crippen molar-refractivity contribution in [1.82, 2.24) is 4.98 Å². The lowest BCUT2D eigenvalue weighted by atomic mass is 10.4. The summed E-state index contributed by atoms with van der Waals surface area (Å²) in [6, 6.07) is 5.71. The molecule has 1 atom stereocenters. The molecule has 1 aromatic heterocycles. The molecule has 6 heteroatoms. The fourth-order valence-corrected chi connectivity index (χ4v) is 2.84. The molecule has 0 spiro atoms. The molecule has 1 fully saturated rings. The van der Waals surface area contributed by atoms with E-state index in [0.717, 1.165) is 23.7 Å². The Bertz CT molecular complexity index is 412. The third-order valence-electron chi connectivity index (χ3n) is 2.79. The smallest absolute Gasteiger partial charge is 0.196 e. The molecule has 0 bridgehead atoms. The SMILES string of the molecule is C[NH+]1CCCC1=NCCSc1cccc(Cl)n1.[Cl-]. The van der Waals surface area contributed by atoms with Crippen LogP contribution in [0.15, 0.2) is 28.2 Å². The number of hydrogen-bond donors (Lipinski definition) is 1. The number of aromatic nitrogens is 1. The summed E-state index contributed by atoms with van der Waals surface area (Å²) in [5.41, 5.74) is 0. The third kappa shape index (κ3) is 4.76. The summed E-state index contributed by atoms with van der Waals surface area (Å²) < 4.78 is 0. The van der Waals surface area contributed by atoms with Crippen molar-refractivity contribution in [2.75, 3.05) is 25.9 Å². The Balaban J connectivity index is 0.00000162. The van der Waals surface area contributed by atoms with Crippen LogP contribution in [0.5, 0.6) is 0 Å². The van der Waals surface area contributed by atoms with Gasteiger partial charge in [0, 0.05) is 18.6 Å². The second-order valence-corrected chi connectivity index (χ2v) is 5.61. The Morgan fingerprint density at radius 2 is 2.33 bits per heavy atom. The highest BCUT2D eigenvalue weighted by Gasteiger charge is 2.19. The lowest BCUT2D eigenvalue weighted by Gasteiger charge is -2.04. The second-order valence-electron chi connectivity index (χ2n) is 4.11. The van der Waals surface area contributed by atoms with E-state index in [1.54, 1.807) is 17.8 Å². The van der Waals surface area contributed by atoms with Gasteiger partial charge < -0.3 is 12.4 Å². The Morgan fingerprint density at radius 3 is 3.00 bits per heavy atom. The highest BCUT2D eigenvalue weighted by molar-refractivity contribution is 7.99. The highest BCUT2D eigenvalue weighted by atomic mass is 35.5. The number of amidine groups is 1. The summed E-state index contributed by atoms with van der Waals surface area (Å²) in [5.74, 6) is 2.29. The molecule has 0 radical (unpaired) electrons. The predicted octanol–water partition coefficient (Wildman–Crippen LogP) is -1.46. The van der Waals surface area contributed by atoms with Gasteiger partial charge in [-0.25, -0.2) is 9.98 Å². The number of pyridine rings is 1. The Labute approximate surface area is 123 Å². The molecule has 18 heavy (non-hydrogen) atoms. The molecule has 1 saturated heterocycles. The van der Waals surface area contributed by atoms with Gasteiger partial charge in [-0.15, -0.1) is 11.8 Å². The minimum absolute atomic E-state index is 0. The van der Waals surface area contributed by atoms with Crippen LogP contribution >= 0.6 is 23.4 Å². The van der Waals surface area contributed by atoms with Crippen molar-refractivity contribution in [2.24, 2.45) is 4.99 Å². The molecule has 0 aromatic carbocycles. The lowest BCUT2D eigenvalue weighted by Crippen LogP contribution is -3.09. The third-order valence-corrected chi connectivity index (χ3v) is 3.91. The van der Waals surface area contributed by atoms with Crippen molar-refractivity contribution in [1.29, 1.82) is 0 Å². The largest absolute Gasteiger partial charge is 1.00 e. The number of aliphatic imine (C=N–C) groups is 1. The number of likely N-dealkylation sites (tertiary alicyclic amines) is 1. The van der Waals surface area contributed by atoms with E-state index in [0.29, 0.717) is 5.15 Å². The topological polar surface area (TPSA) is 29.7 Å². The van der Waals surface area contributed by atoms with E-state index < -0.39 is 0 Å². The summed E-state index contributed by atoms with van der Waals surface area (Å²) in [4.78, 5) is 10.3. The molecule has 1 unspecified atom stereocenters. The standard InChI is InChI=1S/C12H16ClN3S.ClH/c1-16-8-3-5-11(16)14-7-9-17-12-6-2-4-10(13)15-12;/h2,4,6H,3,5,7-9H2,1H3;1H. The molecule has 1 aliphatic heterocycles. The average molecular weight is 306 g/mol. The van der Waals surface area contributed by atoms with Gasteiger partial charge in [0.15, 0.2) is 5.84 Å². The average Bonchev–Trinajstić information content (AvgIpc) is 2.71. The van der Waals surface area contributed by atoms with Gasteiger partial charge in [0.05, 0.1) is 25.2 Å². The van der Waals surface area contributed by atoms with Crippen LogP contribution in [-0.2, 0) is 0 Å². The van der Waals surface area contributed by atoms with Gasteiger partial charge in [0.1, 0.15) is 5.15 Å². The van der Waals surface area contributed by atoms with Gasteiger partial charge in [0.25, 0.3) is 0 Å². The van der Waals surface area contributed by atoms with E-state index in [1.807, 2.05) is 12.1 Å². The maximum atomic E-state index is 5.83. The zero-order valence-corrected chi connectivity index (χ0v) is 12.7. The van der Waals surface area contributed by atoms with E-state index in [1.165, 1.54) is 23.7 Å². The van der Waals surface area contributed by atoms with Gasteiger partial charge in [0.2, 0.25) is 0 Å². The van der Waals surface area contributed by atoms with Gasteiger partial charge in [-0.05, 0) is 12.1 Å². The van der Waals surface area contributed by atoms with Crippen LogP contribution < -0.4 is 17.3 Å². The molecule has 0 aliphatic carbocycles. The molecule has 1 aliphatic rings. The van der Waals surface area contributed by atoms with Gasteiger partial charge >= 0.3 is 0 Å². The fraction of sp³-hybridized carbons (Fsp3) is 0.500. The molecular formula is C12H17Cl2N3S. The number of nitrogens with one attached hydrogen (secondary N) is 1. The van der Waals surface area contributed by atoms with Gasteiger partial charge in [-0.2, -0.15) is 0 Å². The maximum Gasteiger partial charge on any atom is 0.196 e. The summed E-state index contributed by atoms with van der Waals surface area (Å²) in [6.07, 6.45) is 2.43. The highest BCUT2D eigenvalue weighted by Crippen LogP contribution is 2.16. The Kier molecular flexibility index (Phi) is 7.00. The molecule has 0 saturated carbocycles. The molecule has 0 amide bonds. The number of nitrogens with zero attached hydrogens (tertiary/aromatic N) is 2. The molecule has 1 aromatic rings. The van der Waals surface area contributed by atoms with Crippen molar-refractivity contribution in [3.63, 3.8) is 0 Å². The zero-order valence-electron chi connectivity index (χ0n) is 10.3. The van der Waals surface area contributed by atoms with E-state index in [4.69, 9.17) is 11.6 Å². The molecule has 100 valence electrons. The van der Waals surface area contributed by atoms with Crippen molar-refractivity contribution >= 4 is 29.2 Å². The van der Waals surface area contributed by atoms with Gasteiger partial charge in [-0.3, -0.25) is 4.90 Å². The van der Waals surface area contributed by atoms with E-state index in [-0.39, 0.29) is 12.4 Å². The second kappa shape index (κ2) is 8.00. The van der Waals surface area contributed by atoms with Crippen molar-refractivity contribution in [3.05, 3.63) is 23.4 Å². The van der Waals surface area contributed by atoms with Crippen LogP contribution in [0.2, 0.25) is 5.15 Å². The van der Waals surface area contributed by atoms with E-state index in [2.05, 4.69) is 17.0 Å². The van der Waals surface area contributed by atoms with Crippen LogP contribution in [0, 0.1) is 0 Å². The predicted molar refractivity (Wildman–Crippen MR) is 73.3 cm³/mol. The molecule has 2 rings (SSSR count). The zero-order chi connectivity index (χ0) is 12.1. The van der Waals surface area contributed by atoms with E-state index in [9.17, 15) is 0 Å². The van der Waals surface area contributed by atoms with Crippen LogP contribution in [0.4, 0.5) is 0 Å². The van der Waals surface area contributed by atoms with E-state index >= 15 is 0 Å². The minimum Gasteiger partial charge on any atom is -1.00 e. The van der Waals surface area contributed by atoms with Crippen LogP contribution in [0.3, 0.4) is 0 Å². The summed E-state index contributed by atoms with van der Waals surface area (Å²) >= 11 is 7.53. The minimum atomic E-state index is 0. The number of hydrogen-bond acceptors (Lipinski definition) is 3. The molecule has 2 heterocycles. The normalized spacial score (nSPS) is 21.0. The number of halogens is 2. The maximum absolute atomic E-state index is 5.83. The summed E-state index contributed by atoms with van der Waals surface area (Å²) in [6.45, 7) is 2.09. The van der Waals surface area contributed by atoms with Crippen LogP contribution in [-0.4, -0.2) is 36.7 Å². The van der Waals surface area contributed by atoms with Crippen LogP contribution in [0.25, 0.3) is 0 Å². The first-order chi connectivity index (χ1) is 8.25. The first kappa shape index (κ1) is 15.8. The number of rotatable bonds is 4. The number of quaternary nitrogens is 1. The first-order valence-corrected chi connectivity index (χ1v) is 7.23. The first-order valence-electron chi connectivity index (χ1n) is 5.87. The monoisotopic (exact) mass is 305 g/mol. The number of thioether (sulfide) groups is 1. The Hall–Kier alpha value is -0.290. The Morgan fingerprint density at radius 1 is 1.50 bits per heavy atom. The fourth-order valence-electron chi connectivity index (χ4n) is 1.89. The quantitative estimate of drug-likeness (QED) is 0.419. The molecule has 3 nitrogen and oxygen atoms in total. The lowest BCUT2D eigenvalue weighted by molar-refractivity contribution is -0.774. The van der Waals surface area contributed by atoms with Crippen molar-refractivity contribution < 1.29 is 17.3 Å². The van der Waals surface area contributed by atoms with Crippen LogP contribution in [0.1, 0.15) is 12.8 Å². The molecular weight excluding hydrogens is 289 g/mol. The summed E-state index contributed by atoms with van der Waals surface area (Å²) in [5, 5.41) is 1.53.